The Kier molecular flexibility index (Phi) is 10.3. The lowest BCUT2D eigenvalue weighted by Crippen LogP contribution is -2.18. The molecular weight excluding hydrogens is 222 g/mol. The summed E-state index contributed by atoms with van der Waals surface area (Å²) in [5.41, 5.74) is 5.73. The fourth-order valence-electron chi connectivity index (χ4n) is 2.34. The van der Waals surface area contributed by atoms with E-state index < -0.39 is 0 Å². The molecule has 0 aromatic carbocycles. The highest BCUT2D eigenvalue weighted by atomic mass is 16.1. The van der Waals surface area contributed by atoms with Crippen molar-refractivity contribution in [1.29, 1.82) is 0 Å². The van der Waals surface area contributed by atoms with E-state index in [0.29, 0.717) is 11.7 Å². The molecule has 3 unspecified atom stereocenters. The van der Waals surface area contributed by atoms with E-state index in [1.54, 1.807) is 0 Å². The number of Topliss-reactive ketones (excluding diaryl/α,β-unsaturated/α-hetero) is 1. The highest BCUT2D eigenvalue weighted by molar-refractivity contribution is 5.80. The maximum Gasteiger partial charge on any atom is 0.135 e. The number of carbonyl (C=O) groups is 1. The molecule has 0 aliphatic carbocycles. The Balaban J connectivity index is 3.89. The van der Waals surface area contributed by atoms with Gasteiger partial charge in [-0.1, -0.05) is 52.9 Å². The fourth-order valence-corrected chi connectivity index (χ4v) is 2.34. The van der Waals surface area contributed by atoms with Crippen LogP contribution in [0.5, 0.6) is 0 Å². The summed E-state index contributed by atoms with van der Waals surface area (Å²) < 4.78 is 0. The molecule has 0 bridgehead atoms. The van der Waals surface area contributed by atoms with Gasteiger partial charge >= 0.3 is 0 Å². The average Bonchev–Trinajstić information content (AvgIpc) is 2.33. The first kappa shape index (κ1) is 17.6. The van der Waals surface area contributed by atoms with E-state index in [1.165, 1.54) is 19.3 Å². The summed E-state index contributed by atoms with van der Waals surface area (Å²) >= 11 is 0. The summed E-state index contributed by atoms with van der Waals surface area (Å²) in [6, 6.07) is 0.264. The molecule has 0 amide bonds. The lowest BCUT2D eigenvalue weighted by Gasteiger charge is -2.17. The lowest BCUT2D eigenvalue weighted by molar-refractivity contribution is -0.123. The molecule has 2 N–H and O–H groups in total. The van der Waals surface area contributed by atoms with Gasteiger partial charge in [0.1, 0.15) is 5.78 Å². The van der Waals surface area contributed by atoms with Crippen molar-refractivity contribution in [3.05, 3.63) is 0 Å². The van der Waals surface area contributed by atoms with Gasteiger partial charge in [-0.2, -0.15) is 0 Å². The van der Waals surface area contributed by atoms with E-state index in [0.717, 1.165) is 32.1 Å². The van der Waals surface area contributed by atoms with Crippen molar-refractivity contribution >= 4 is 5.78 Å². The van der Waals surface area contributed by atoms with Gasteiger partial charge in [-0.3, -0.25) is 4.79 Å². The Morgan fingerprint density at radius 3 is 2.22 bits per heavy atom. The highest BCUT2D eigenvalue weighted by Crippen LogP contribution is 2.21. The van der Waals surface area contributed by atoms with Crippen LogP contribution in [0.15, 0.2) is 0 Å². The van der Waals surface area contributed by atoms with E-state index in [2.05, 4.69) is 20.8 Å². The zero-order chi connectivity index (χ0) is 14.0. The van der Waals surface area contributed by atoms with Crippen LogP contribution in [-0.2, 0) is 4.79 Å². The zero-order valence-corrected chi connectivity index (χ0v) is 12.9. The van der Waals surface area contributed by atoms with E-state index >= 15 is 0 Å². The minimum absolute atomic E-state index is 0.222. The molecule has 0 aliphatic heterocycles. The van der Waals surface area contributed by atoms with Crippen LogP contribution in [0.4, 0.5) is 0 Å². The molecule has 3 atom stereocenters. The van der Waals surface area contributed by atoms with Crippen molar-refractivity contribution in [1.82, 2.24) is 0 Å². The second-order valence-electron chi connectivity index (χ2n) is 5.90. The molecule has 0 saturated carbocycles. The van der Waals surface area contributed by atoms with Crippen molar-refractivity contribution in [2.75, 3.05) is 0 Å². The number of hydrogen-bond acceptors (Lipinski definition) is 2. The van der Waals surface area contributed by atoms with E-state index in [9.17, 15) is 4.79 Å². The fraction of sp³-hybridized carbons (Fsp3) is 0.938. The van der Waals surface area contributed by atoms with Gasteiger partial charge in [-0.05, 0) is 25.7 Å². The smallest absolute Gasteiger partial charge is 0.135 e. The van der Waals surface area contributed by atoms with Gasteiger partial charge in [0.05, 0.1) is 0 Å². The normalized spacial score (nSPS) is 16.3. The molecule has 2 nitrogen and oxygen atoms in total. The van der Waals surface area contributed by atoms with Crippen molar-refractivity contribution in [3.8, 4) is 0 Å². The number of ketones is 1. The third-order valence-corrected chi connectivity index (χ3v) is 3.88. The Morgan fingerprint density at radius 2 is 1.72 bits per heavy atom. The Morgan fingerprint density at radius 1 is 1.06 bits per heavy atom. The van der Waals surface area contributed by atoms with Gasteiger partial charge in [0.2, 0.25) is 0 Å². The maximum atomic E-state index is 12.1. The maximum absolute atomic E-state index is 12.1. The van der Waals surface area contributed by atoms with E-state index in [4.69, 9.17) is 5.73 Å². The van der Waals surface area contributed by atoms with Gasteiger partial charge < -0.3 is 5.73 Å². The van der Waals surface area contributed by atoms with Crippen LogP contribution in [0, 0.1) is 11.8 Å². The summed E-state index contributed by atoms with van der Waals surface area (Å²) in [7, 11) is 0. The van der Waals surface area contributed by atoms with Gasteiger partial charge in [0.15, 0.2) is 0 Å². The third kappa shape index (κ3) is 8.68. The Hall–Kier alpha value is -0.370. The molecule has 0 heterocycles. The molecule has 0 radical (unpaired) electrons. The monoisotopic (exact) mass is 255 g/mol. The molecule has 0 aromatic rings. The van der Waals surface area contributed by atoms with Crippen LogP contribution in [0.3, 0.4) is 0 Å². The highest BCUT2D eigenvalue weighted by Gasteiger charge is 2.17. The van der Waals surface area contributed by atoms with Crippen LogP contribution in [-0.4, -0.2) is 11.8 Å². The number of hydrogen-bond donors (Lipinski definition) is 1. The van der Waals surface area contributed by atoms with Crippen molar-refractivity contribution in [3.63, 3.8) is 0 Å². The van der Waals surface area contributed by atoms with Gasteiger partial charge in [0.25, 0.3) is 0 Å². The summed E-state index contributed by atoms with van der Waals surface area (Å²) in [4.78, 5) is 12.1. The summed E-state index contributed by atoms with van der Waals surface area (Å²) in [5, 5.41) is 0. The molecule has 0 aromatic heterocycles. The molecule has 2 heteroatoms. The molecular formula is C16H33NO. The summed E-state index contributed by atoms with van der Waals surface area (Å²) in [5.74, 6) is 1.29. The Labute approximate surface area is 114 Å². The average molecular weight is 255 g/mol. The SMILES string of the molecule is CCCCC(CC)CC(=O)C(C)CCCC(C)N. The lowest BCUT2D eigenvalue weighted by atomic mass is 9.88. The molecule has 0 aliphatic rings. The van der Waals surface area contributed by atoms with E-state index in [-0.39, 0.29) is 12.0 Å². The Bertz CT molecular complexity index is 213. The second-order valence-corrected chi connectivity index (χ2v) is 5.90. The predicted molar refractivity (Wildman–Crippen MR) is 79.6 cm³/mol. The number of rotatable bonds is 11. The summed E-state index contributed by atoms with van der Waals surface area (Å²) in [6.07, 6.45) is 8.74. The van der Waals surface area contributed by atoms with Crippen molar-refractivity contribution in [2.45, 2.75) is 85.1 Å². The zero-order valence-electron chi connectivity index (χ0n) is 12.9. The topological polar surface area (TPSA) is 43.1 Å². The quantitative estimate of drug-likeness (QED) is 0.597. The van der Waals surface area contributed by atoms with E-state index in [1.807, 2.05) is 6.92 Å². The van der Waals surface area contributed by atoms with Gasteiger partial charge in [0, 0.05) is 18.4 Å². The predicted octanol–water partition coefficient (Wildman–Crippen LogP) is 4.32. The first-order valence-electron chi connectivity index (χ1n) is 7.79. The first-order chi connectivity index (χ1) is 8.51. The number of unbranched alkanes of at least 4 members (excludes halogenated alkanes) is 1. The first-order valence-corrected chi connectivity index (χ1v) is 7.79. The molecule has 0 saturated heterocycles. The van der Waals surface area contributed by atoms with Crippen LogP contribution in [0.25, 0.3) is 0 Å². The van der Waals surface area contributed by atoms with Gasteiger partial charge in [-0.25, -0.2) is 0 Å². The van der Waals surface area contributed by atoms with Crippen LogP contribution in [0.2, 0.25) is 0 Å². The van der Waals surface area contributed by atoms with Crippen LogP contribution >= 0.6 is 0 Å². The molecule has 0 fully saturated rings. The van der Waals surface area contributed by atoms with Crippen LogP contribution in [0.1, 0.15) is 79.1 Å². The molecule has 0 rings (SSSR count). The summed E-state index contributed by atoms with van der Waals surface area (Å²) in [6.45, 7) is 8.53. The van der Waals surface area contributed by atoms with Crippen LogP contribution < -0.4 is 5.73 Å². The minimum Gasteiger partial charge on any atom is -0.328 e. The standard InChI is InChI=1S/C16H33NO/c1-5-7-11-15(6-2)12-16(18)13(3)9-8-10-14(4)17/h13-15H,5-12,17H2,1-4H3. The number of carbonyl (C=O) groups excluding carboxylic acids is 1. The minimum atomic E-state index is 0.222. The van der Waals surface area contributed by atoms with Crippen molar-refractivity contribution in [2.24, 2.45) is 17.6 Å². The molecule has 18 heavy (non-hydrogen) atoms. The van der Waals surface area contributed by atoms with Gasteiger partial charge in [-0.15, -0.1) is 0 Å². The third-order valence-electron chi connectivity index (χ3n) is 3.88. The molecule has 108 valence electrons. The number of nitrogens with two attached hydrogens (primary N) is 1. The largest absolute Gasteiger partial charge is 0.328 e. The molecule has 0 spiro atoms. The second kappa shape index (κ2) is 10.5. The van der Waals surface area contributed by atoms with Crippen molar-refractivity contribution < 1.29 is 4.79 Å².